The van der Waals surface area contributed by atoms with Crippen molar-refractivity contribution in [2.24, 2.45) is 0 Å². The van der Waals surface area contributed by atoms with Crippen LogP contribution in [-0.4, -0.2) is 21.5 Å². The van der Waals surface area contributed by atoms with E-state index in [1.807, 2.05) is 19.2 Å². The monoisotopic (exact) mass is 249 g/mol. The van der Waals surface area contributed by atoms with Gasteiger partial charge in [-0.25, -0.2) is 4.39 Å². The molecule has 0 aliphatic carbocycles. The molecule has 0 bridgehead atoms. The van der Waals surface area contributed by atoms with Gasteiger partial charge in [-0.3, -0.25) is 4.68 Å². The maximum Gasteiger partial charge on any atom is 0.125 e. The average molecular weight is 249 g/mol. The first-order valence-electron chi connectivity index (χ1n) is 5.80. The first-order chi connectivity index (χ1) is 8.67. The van der Waals surface area contributed by atoms with Gasteiger partial charge in [-0.2, -0.15) is 5.10 Å². The number of hydrogen-bond acceptors (Lipinski definition) is 3. The van der Waals surface area contributed by atoms with Crippen molar-refractivity contribution in [1.82, 2.24) is 9.78 Å². The Balaban J connectivity index is 1.97. The fraction of sp³-hybridized carbons (Fsp3) is 0.308. The highest BCUT2D eigenvalue weighted by Gasteiger charge is 2.00. The Hall–Kier alpha value is -1.88. The van der Waals surface area contributed by atoms with Crippen LogP contribution in [0, 0.1) is 12.7 Å². The molecule has 0 amide bonds. The van der Waals surface area contributed by atoms with Crippen molar-refractivity contribution in [2.75, 3.05) is 11.9 Å². The predicted molar refractivity (Wildman–Crippen MR) is 67.8 cm³/mol. The van der Waals surface area contributed by atoms with Crippen LogP contribution in [0.4, 0.5) is 10.1 Å². The van der Waals surface area contributed by atoms with Crippen molar-refractivity contribution in [3.05, 3.63) is 47.5 Å². The molecular weight excluding hydrogens is 233 g/mol. The van der Waals surface area contributed by atoms with E-state index in [0.29, 0.717) is 13.1 Å². The summed E-state index contributed by atoms with van der Waals surface area (Å²) < 4.78 is 14.8. The Kier molecular flexibility index (Phi) is 3.94. The third-order valence-electron chi connectivity index (χ3n) is 2.55. The largest absolute Gasteiger partial charge is 0.394 e. The molecule has 0 aliphatic heterocycles. The van der Waals surface area contributed by atoms with E-state index in [1.54, 1.807) is 10.9 Å². The maximum atomic E-state index is 13.2. The molecule has 1 heterocycles. The van der Waals surface area contributed by atoms with Gasteiger partial charge in [0.2, 0.25) is 0 Å². The van der Waals surface area contributed by atoms with Gasteiger partial charge >= 0.3 is 0 Å². The molecule has 18 heavy (non-hydrogen) atoms. The molecule has 5 heteroatoms. The van der Waals surface area contributed by atoms with Crippen LogP contribution in [-0.2, 0) is 13.1 Å². The smallest absolute Gasteiger partial charge is 0.125 e. The van der Waals surface area contributed by atoms with Crippen LogP contribution in [0.25, 0.3) is 0 Å². The SMILES string of the molecule is Cc1cc(F)cc(NCc2cnn(CCO)c2)c1. The quantitative estimate of drug-likeness (QED) is 0.851. The van der Waals surface area contributed by atoms with Gasteiger partial charge in [-0.15, -0.1) is 0 Å². The molecule has 0 atom stereocenters. The fourth-order valence-electron chi connectivity index (χ4n) is 1.76. The van der Waals surface area contributed by atoms with Gasteiger partial charge in [0.25, 0.3) is 0 Å². The Bertz CT molecular complexity index is 504. The zero-order valence-electron chi connectivity index (χ0n) is 10.2. The summed E-state index contributed by atoms with van der Waals surface area (Å²) in [6, 6.07) is 4.84. The van der Waals surface area contributed by atoms with E-state index in [9.17, 15) is 4.39 Å². The number of nitrogens with one attached hydrogen (secondary N) is 1. The average Bonchev–Trinajstić information content (AvgIpc) is 2.74. The van der Waals surface area contributed by atoms with E-state index in [4.69, 9.17) is 5.11 Å². The molecule has 0 radical (unpaired) electrons. The summed E-state index contributed by atoms with van der Waals surface area (Å²) in [7, 11) is 0. The second-order valence-electron chi connectivity index (χ2n) is 4.21. The Morgan fingerprint density at radius 3 is 2.94 bits per heavy atom. The van der Waals surface area contributed by atoms with Crippen molar-refractivity contribution in [3.8, 4) is 0 Å². The second kappa shape index (κ2) is 5.64. The fourth-order valence-corrected chi connectivity index (χ4v) is 1.76. The Morgan fingerprint density at radius 1 is 1.39 bits per heavy atom. The number of anilines is 1. The molecule has 0 aliphatic rings. The molecule has 96 valence electrons. The third-order valence-corrected chi connectivity index (χ3v) is 2.55. The van der Waals surface area contributed by atoms with Gasteiger partial charge in [-0.05, 0) is 30.7 Å². The molecule has 1 aromatic carbocycles. The summed E-state index contributed by atoms with van der Waals surface area (Å²) in [5.74, 6) is -0.242. The second-order valence-corrected chi connectivity index (χ2v) is 4.21. The van der Waals surface area contributed by atoms with Crippen molar-refractivity contribution in [2.45, 2.75) is 20.0 Å². The van der Waals surface area contributed by atoms with Crippen LogP contribution in [0.15, 0.2) is 30.6 Å². The third kappa shape index (κ3) is 3.30. The maximum absolute atomic E-state index is 13.2. The summed E-state index contributed by atoms with van der Waals surface area (Å²) in [6.07, 6.45) is 3.59. The molecule has 2 N–H and O–H groups in total. The number of nitrogens with zero attached hydrogens (tertiary/aromatic N) is 2. The van der Waals surface area contributed by atoms with E-state index in [-0.39, 0.29) is 12.4 Å². The highest BCUT2D eigenvalue weighted by atomic mass is 19.1. The number of rotatable bonds is 5. The lowest BCUT2D eigenvalue weighted by Crippen LogP contribution is -2.02. The number of benzene rings is 1. The van der Waals surface area contributed by atoms with E-state index in [1.165, 1.54) is 12.1 Å². The van der Waals surface area contributed by atoms with Crippen LogP contribution in [0.5, 0.6) is 0 Å². The Labute approximate surface area is 105 Å². The van der Waals surface area contributed by atoms with E-state index in [2.05, 4.69) is 10.4 Å². The van der Waals surface area contributed by atoms with Gasteiger partial charge < -0.3 is 10.4 Å². The van der Waals surface area contributed by atoms with E-state index < -0.39 is 0 Å². The zero-order chi connectivity index (χ0) is 13.0. The summed E-state index contributed by atoms with van der Waals surface area (Å²) in [5, 5.41) is 16.0. The molecule has 0 saturated heterocycles. The minimum atomic E-state index is -0.242. The lowest BCUT2D eigenvalue weighted by atomic mass is 10.2. The molecule has 0 spiro atoms. The van der Waals surface area contributed by atoms with Crippen molar-refractivity contribution >= 4 is 5.69 Å². The van der Waals surface area contributed by atoms with Crippen molar-refractivity contribution < 1.29 is 9.50 Å². The standard InChI is InChI=1S/C13H16FN3O/c1-10-4-12(14)6-13(5-10)15-7-11-8-16-17(9-11)2-3-18/h4-6,8-9,15,18H,2-3,7H2,1H3. The molecule has 0 unspecified atom stereocenters. The van der Waals surface area contributed by atoms with Gasteiger partial charge in [-0.1, -0.05) is 0 Å². The first kappa shape index (κ1) is 12.6. The summed E-state index contributed by atoms with van der Waals surface area (Å²) in [5.41, 5.74) is 2.63. The summed E-state index contributed by atoms with van der Waals surface area (Å²) in [6.45, 7) is 2.98. The Morgan fingerprint density at radius 2 is 2.22 bits per heavy atom. The number of hydrogen-bond donors (Lipinski definition) is 2. The van der Waals surface area contributed by atoms with Crippen molar-refractivity contribution in [1.29, 1.82) is 0 Å². The molecule has 2 rings (SSSR count). The first-order valence-corrected chi connectivity index (χ1v) is 5.80. The number of halogens is 1. The normalized spacial score (nSPS) is 10.6. The van der Waals surface area contributed by atoms with E-state index in [0.717, 1.165) is 16.8 Å². The van der Waals surface area contributed by atoms with Crippen LogP contribution in [0.2, 0.25) is 0 Å². The molecular formula is C13H16FN3O. The lowest BCUT2D eigenvalue weighted by Gasteiger charge is -2.06. The number of aliphatic hydroxyl groups excluding tert-OH is 1. The van der Waals surface area contributed by atoms with E-state index >= 15 is 0 Å². The number of aliphatic hydroxyl groups is 1. The number of aryl methyl sites for hydroxylation is 1. The minimum absolute atomic E-state index is 0.0671. The predicted octanol–water partition coefficient (Wildman–Crippen LogP) is 1.94. The summed E-state index contributed by atoms with van der Waals surface area (Å²) >= 11 is 0. The molecule has 0 saturated carbocycles. The molecule has 1 aromatic heterocycles. The van der Waals surface area contributed by atoms with Gasteiger partial charge in [0.15, 0.2) is 0 Å². The molecule has 4 nitrogen and oxygen atoms in total. The lowest BCUT2D eigenvalue weighted by molar-refractivity contribution is 0.269. The number of aromatic nitrogens is 2. The minimum Gasteiger partial charge on any atom is -0.394 e. The molecule has 0 fully saturated rings. The van der Waals surface area contributed by atoms with Crippen LogP contribution < -0.4 is 5.32 Å². The topological polar surface area (TPSA) is 50.1 Å². The van der Waals surface area contributed by atoms with Gasteiger partial charge in [0, 0.05) is 24.0 Å². The summed E-state index contributed by atoms with van der Waals surface area (Å²) in [4.78, 5) is 0. The van der Waals surface area contributed by atoms with Crippen LogP contribution in [0.1, 0.15) is 11.1 Å². The van der Waals surface area contributed by atoms with Crippen LogP contribution in [0.3, 0.4) is 0 Å². The highest BCUT2D eigenvalue weighted by Crippen LogP contribution is 2.14. The molecule has 2 aromatic rings. The van der Waals surface area contributed by atoms with Crippen LogP contribution >= 0.6 is 0 Å². The zero-order valence-corrected chi connectivity index (χ0v) is 10.2. The van der Waals surface area contributed by atoms with Gasteiger partial charge in [0.1, 0.15) is 5.82 Å². The highest BCUT2D eigenvalue weighted by molar-refractivity contribution is 5.46. The van der Waals surface area contributed by atoms with Gasteiger partial charge in [0.05, 0.1) is 19.3 Å². The van der Waals surface area contributed by atoms with Crippen molar-refractivity contribution in [3.63, 3.8) is 0 Å².